The van der Waals surface area contributed by atoms with Crippen LogP contribution in [-0.4, -0.2) is 23.1 Å². The molecule has 0 aromatic heterocycles. The summed E-state index contributed by atoms with van der Waals surface area (Å²) in [6.45, 7) is 0. The minimum absolute atomic E-state index is 0.0929. The van der Waals surface area contributed by atoms with E-state index in [4.69, 9.17) is 10.5 Å². The molecule has 0 bridgehead atoms. The molecule has 0 heterocycles. The molecule has 29 heavy (non-hydrogen) atoms. The van der Waals surface area contributed by atoms with Gasteiger partial charge in [-0.05, 0) is 46.8 Å². The van der Waals surface area contributed by atoms with E-state index in [1.165, 1.54) is 36.4 Å². The number of benzene rings is 3. The number of hydrogen-bond donors (Lipinski definition) is 2. The van der Waals surface area contributed by atoms with Crippen LogP contribution in [0.2, 0.25) is 0 Å². The number of carboxylic acids is 1. The van der Waals surface area contributed by atoms with Gasteiger partial charge in [0.05, 0.1) is 11.3 Å². The second-order valence-electron chi connectivity index (χ2n) is 6.14. The van der Waals surface area contributed by atoms with Gasteiger partial charge >= 0.3 is 12.3 Å². The average molecular weight is 417 g/mol. The molecule has 3 aromatic rings. The van der Waals surface area contributed by atoms with Gasteiger partial charge in [0.2, 0.25) is 0 Å². The van der Waals surface area contributed by atoms with E-state index in [0.717, 1.165) is 5.56 Å². The zero-order chi connectivity index (χ0) is 21.2. The molecule has 0 radical (unpaired) electrons. The van der Waals surface area contributed by atoms with Crippen molar-refractivity contribution in [3.05, 3.63) is 83.4 Å². The highest BCUT2D eigenvalue weighted by Crippen LogP contribution is 2.27. The molecule has 148 valence electrons. The molecule has 8 heteroatoms. The molecule has 3 aromatic carbocycles. The summed E-state index contributed by atoms with van der Waals surface area (Å²) in [5.74, 6) is -1.37. The minimum Gasteiger partial charge on any atom is -0.478 e. The minimum atomic E-state index is -4.74. The maximum absolute atomic E-state index is 12.3. The lowest BCUT2D eigenvalue weighted by molar-refractivity contribution is -0.274. The molecule has 0 spiro atoms. The Morgan fingerprint density at radius 1 is 0.931 bits per heavy atom. The van der Waals surface area contributed by atoms with Gasteiger partial charge in [0.25, 0.3) is 0 Å². The van der Waals surface area contributed by atoms with Gasteiger partial charge in [0.1, 0.15) is 5.75 Å². The van der Waals surface area contributed by atoms with E-state index in [9.17, 15) is 18.0 Å². The van der Waals surface area contributed by atoms with E-state index in [-0.39, 0.29) is 17.0 Å². The molecule has 0 aliphatic heterocycles. The van der Waals surface area contributed by atoms with Crippen LogP contribution < -0.4 is 10.0 Å². The summed E-state index contributed by atoms with van der Waals surface area (Å²) >= 11 is 0. The van der Waals surface area contributed by atoms with Gasteiger partial charge in [0.15, 0.2) is 0 Å². The third-order valence-corrected chi connectivity index (χ3v) is 4.62. The highest BCUT2D eigenvalue weighted by molar-refractivity contribution is 7.27. The summed E-state index contributed by atoms with van der Waals surface area (Å²) < 4.78 is 40.7. The van der Waals surface area contributed by atoms with E-state index in [1.54, 1.807) is 30.3 Å². The predicted molar refractivity (Wildman–Crippen MR) is 107 cm³/mol. The predicted octanol–water partition coefficient (Wildman–Crippen LogP) is 4.87. The Labute approximate surface area is 166 Å². The quantitative estimate of drug-likeness (QED) is 0.460. The third-order valence-electron chi connectivity index (χ3n) is 4.14. The van der Waals surface area contributed by atoms with Gasteiger partial charge in [-0.2, -0.15) is 0 Å². The van der Waals surface area contributed by atoms with E-state index in [0.29, 0.717) is 22.0 Å². The van der Waals surface area contributed by atoms with Crippen LogP contribution in [0.5, 0.6) is 5.75 Å². The van der Waals surface area contributed by atoms with Gasteiger partial charge in [-0.3, -0.25) is 5.41 Å². The van der Waals surface area contributed by atoms with Gasteiger partial charge in [-0.25, -0.2) is 4.79 Å². The Balaban J connectivity index is 1.86. The van der Waals surface area contributed by atoms with Crippen molar-refractivity contribution in [1.82, 2.24) is 0 Å². The molecule has 0 saturated heterocycles. The van der Waals surface area contributed by atoms with Gasteiger partial charge in [-0.15, -0.1) is 22.4 Å². The van der Waals surface area contributed by atoms with Crippen LogP contribution in [0.4, 0.5) is 13.2 Å². The third kappa shape index (κ3) is 5.00. The van der Waals surface area contributed by atoms with Crippen LogP contribution in [-0.2, 0) is 0 Å². The standard InChI is InChI=1S/C21H15F3NO3P/c22-21(23,24)28-16-7-4-12(5-8-16)13-6-9-17(18(29)11-13)19(25)14-2-1-3-15(10-14)20(26)27/h1-11,25H,29H2,(H,26,27). The molecule has 0 aliphatic rings. The zero-order valence-corrected chi connectivity index (χ0v) is 16.0. The van der Waals surface area contributed by atoms with Crippen LogP contribution in [0.25, 0.3) is 11.1 Å². The molecule has 1 unspecified atom stereocenters. The smallest absolute Gasteiger partial charge is 0.478 e. The lowest BCUT2D eigenvalue weighted by Gasteiger charge is -2.12. The van der Waals surface area contributed by atoms with Gasteiger partial charge in [0, 0.05) is 11.1 Å². The SMILES string of the molecule is N=C(c1cccc(C(=O)O)c1)c1ccc(-c2ccc(OC(F)(F)F)cc2)cc1P. The summed E-state index contributed by atoms with van der Waals surface area (Å²) in [7, 11) is 2.53. The molecule has 0 amide bonds. The highest BCUT2D eigenvalue weighted by atomic mass is 31.0. The fourth-order valence-corrected chi connectivity index (χ4v) is 3.20. The molecule has 3 rings (SSSR count). The van der Waals surface area contributed by atoms with E-state index < -0.39 is 12.3 Å². The number of nitrogens with one attached hydrogen (secondary N) is 1. The molecular formula is C21H15F3NO3P. The van der Waals surface area contributed by atoms with Crippen LogP contribution >= 0.6 is 9.24 Å². The fourth-order valence-electron chi connectivity index (χ4n) is 2.78. The van der Waals surface area contributed by atoms with Crippen molar-refractivity contribution in [3.8, 4) is 16.9 Å². The summed E-state index contributed by atoms with van der Waals surface area (Å²) in [5, 5.41) is 18.2. The summed E-state index contributed by atoms with van der Waals surface area (Å²) in [5.41, 5.74) is 2.76. The van der Waals surface area contributed by atoms with Crippen molar-refractivity contribution < 1.29 is 27.8 Å². The van der Waals surface area contributed by atoms with Crippen molar-refractivity contribution in [3.63, 3.8) is 0 Å². The van der Waals surface area contributed by atoms with Gasteiger partial charge in [-0.1, -0.05) is 36.4 Å². The monoisotopic (exact) mass is 417 g/mol. The summed E-state index contributed by atoms with van der Waals surface area (Å²) in [6.07, 6.45) is -4.74. The van der Waals surface area contributed by atoms with Crippen molar-refractivity contribution in [1.29, 1.82) is 5.41 Å². The number of carboxylic acid groups (broad SMARTS) is 1. The number of halogens is 3. The number of rotatable bonds is 5. The largest absolute Gasteiger partial charge is 0.573 e. The number of hydrogen-bond acceptors (Lipinski definition) is 3. The first-order valence-electron chi connectivity index (χ1n) is 8.32. The van der Waals surface area contributed by atoms with Crippen LogP contribution in [0.15, 0.2) is 66.7 Å². The Morgan fingerprint density at radius 2 is 1.55 bits per heavy atom. The van der Waals surface area contributed by atoms with Crippen LogP contribution in [0.3, 0.4) is 0 Å². The van der Waals surface area contributed by atoms with E-state index in [2.05, 4.69) is 14.0 Å². The molecule has 0 aliphatic carbocycles. The summed E-state index contributed by atoms with van der Waals surface area (Å²) in [6, 6.07) is 16.9. The molecule has 0 fully saturated rings. The molecule has 1 atom stereocenters. The fraction of sp³-hybridized carbons (Fsp3) is 0.0476. The summed E-state index contributed by atoms with van der Waals surface area (Å²) in [4.78, 5) is 11.1. The maximum atomic E-state index is 12.3. The van der Waals surface area contributed by atoms with Crippen molar-refractivity contribution in [2.75, 3.05) is 0 Å². The number of alkyl halides is 3. The Bertz CT molecular complexity index is 1080. The zero-order valence-electron chi connectivity index (χ0n) is 14.8. The second-order valence-corrected chi connectivity index (χ2v) is 6.76. The topological polar surface area (TPSA) is 70.4 Å². The first kappa shape index (κ1) is 20.6. The first-order valence-corrected chi connectivity index (χ1v) is 8.90. The van der Waals surface area contributed by atoms with Crippen molar-refractivity contribution >= 4 is 26.2 Å². The normalized spacial score (nSPS) is 11.2. The Hall–Kier alpha value is -3.18. The van der Waals surface area contributed by atoms with Crippen LogP contribution in [0, 0.1) is 5.41 Å². The second kappa shape index (κ2) is 8.05. The van der Waals surface area contributed by atoms with E-state index in [1.807, 2.05) is 0 Å². The maximum Gasteiger partial charge on any atom is 0.573 e. The first-order chi connectivity index (χ1) is 13.6. The average Bonchev–Trinajstić information content (AvgIpc) is 2.67. The van der Waals surface area contributed by atoms with E-state index >= 15 is 0 Å². The van der Waals surface area contributed by atoms with Crippen molar-refractivity contribution in [2.45, 2.75) is 6.36 Å². The van der Waals surface area contributed by atoms with Gasteiger partial charge < -0.3 is 9.84 Å². The molecule has 4 nitrogen and oxygen atoms in total. The Morgan fingerprint density at radius 3 is 2.14 bits per heavy atom. The number of aromatic carboxylic acids is 1. The number of ether oxygens (including phenoxy) is 1. The van der Waals surface area contributed by atoms with Crippen LogP contribution in [0.1, 0.15) is 21.5 Å². The molecular weight excluding hydrogens is 402 g/mol. The molecule has 0 saturated carbocycles. The highest BCUT2D eigenvalue weighted by Gasteiger charge is 2.30. The molecule has 2 N–H and O–H groups in total. The Kier molecular flexibility index (Phi) is 5.71. The lowest BCUT2D eigenvalue weighted by Crippen LogP contribution is -2.16. The van der Waals surface area contributed by atoms with Crippen molar-refractivity contribution in [2.24, 2.45) is 0 Å². The number of carbonyl (C=O) groups is 1. The lowest BCUT2D eigenvalue weighted by atomic mass is 9.97.